The molecule has 0 atom stereocenters. The van der Waals surface area contributed by atoms with E-state index in [9.17, 15) is 10.1 Å². The molecule has 0 fully saturated rings. The van der Waals surface area contributed by atoms with Gasteiger partial charge in [-0.3, -0.25) is 10.1 Å². The SMILES string of the molecule is O=[N+]([O-])c1ccc(Nc2nc(-c3ccccc3Cl)cs2)cc1. The summed E-state index contributed by atoms with van der Waals surface area (Å²) in [6, 6.07) is 13.7. The third-order valence-electron chi connectivity index (χ3n) is 2.98. The topological polar surface area (TPSA) is 68.1 Å². The summed E-state index contributed by atoms with van der Waals surface area (Å²) in [5.41, 5.74) is 2.46. The molecule has 1 aromatic heterocycles. The molecule has 0 spiro atoms. The first-order valence-corrected chi connectivity index (χ1v) is 7.61. The molecule has 0 aliphatic rings. The molecule has 1 N–H and O–H groups in total. The molecule has 0 aliphatic heterocycles. The predicted octanol–water partition coefficient (Wildman–Crippen LogP) is 5.12. The van der Waals surface area contributed by atoms with Crippen LogP contribution in [0.4, 0.5) is 16.5 Å². The lowest BCUT2D eigenvalue weighted by molar-refractivity contribution is -0.384. The zero-order valence-electron chi connectivity index (χ0n) is 11.2. The third kappa shape index (κ3) is 3.08. The fourth-order valence-electron chi connectivity index (χ4n) is 1.91. The average molecular weight is 332 g/mol. The van der Waals surface area contributed by atoms with Crippen LogP contribution in [-0.2, 0) is 0 Å². The average Bonchev–Trinajstić information content (AvgIpc) is 2.96. The smallest absolute Gasteiger partial charge is 0.269 e. The van der Waals surface area contributed by atoms with E-state index < -0.39 is 4.92 Å². The van der Waals surface area contributed by atoms with Crippen LogP contribution in [0.2, 0.25) is 5.02 Å². The molecule has 0 saturated heterocycles. The molecule has 110 valence electrons. The summed E-state index contributed by atoms with van der Waals surface area (Å²) in [5.74, 6) is 0. The number of hydrogen-bond donors (Lipinski definition) is 1. The summed E-state index contributed by atoms with van der Waals surface area (Å²) in [5, 5.41) is 17.0. The van der Waals surface area contributed by atoms with Gasteiger partial charge in [0, 0.05) is 33.8 Å². The van der Waals surface area contributed by atoms with Crippen LogP contribution in [0.15, 0.2) is 53.9 Å². The Bertz CT molecular complexity index is 818. The van der Waals surface area contributed by atoms with Gasteiger partial charge in [0.1, 0.15) is 0 Å². The molecule has 5 nitrogen and oxygen atoms in total. The normalized spacial score (nSPS) is 10.4. The number of nitrogens with zero attached hydrogens (tertiary/aromatic N) is 2. The van der Waals surface area contributed by atoms with E-state index in [0.29, 0.717) is 10.2 Å². The number of hydrogen-bond acceptors (Lipinski definition) is 5. The maximum Gasteiger partial charge on any atom is 0.269 e. The largest absolute Gasteiger partial charge is 0.332 e. The number of nitro groups is 1. The molecule has 0 amide bonds. The third-order valence-corrected chi connectivity index (χ3v) is 4.07. The van der Waals surface area contributed by atoms with E-state index in [1.54, 1.807) is 12.1 Å². The van der Waals surface area contributed by atoms with Gasteiger partial charge in [0.05, 0.1) is 10.6 Å². The second kappa shape index (κ2) is 6.13. The number of nitro benzene ring substituents is 1. The van der Waals surface area contributed by atoms with Crippen molar-refractivity contribution in [2.45, 2.75) is 0 Å². The Hall–Kier alpha value is -2.44. The fraction of sp³-hybridized carbons (Fsp3) is 0. The number of thiazole rings is 1. The Morgan fingerprint density at radius 2 is 1.86 bits per heavy atom. The molecule has 2 aromatic carbocycles. The monoisotopic (exact) mass is 331 g/mol. The maximum atomic E-state index is 10.6. The van der Waals surface area contributed by atoms with Crippen LogP contribution in [0.3, 0.4) is 0 Å². The van der Waals surface area contributed by atoms with Gasteiger partial charge in [-0.1, -0.05) is 29.8 Å². The van der Waals surface area contributed by atoms with Gasteiger partial charge in [0.15, 0.2) is 5.13 Å². The second-order valence-corrected chi connectivity index (χ2v) is 5.71. The molecule has 22 heavy (non-hydrogen) atoms. The minimum Gasteiger partial charge on any atom is -0.332 e. The Morgan fingerprint density at radius 3 is 2.55 bits per heavy atom. The van der Waals surface area contributed by atoms with Crippen molar-refractivity contribution in [1.82, 2.24) is 4.98 Å². The highest BCUT2D eigenvalue weighted by atomic mass is 35.5. The van der Waals surface area contributed by atoms with Crippen molar-refractivity contribution in [2.24, 2.45) is 0 Å². The Kier molecular flexibility index (Phi) is 4.04. The first-order chi connectivity index (χ1) is 10.6. The number of aromatic nitrogens is 1. The highest BCUT2D eigenvalue weighted by Crippen LogP contribution is 2.31. The molecule has 0 radical (unpaired) electrons. The van der Waals surface area contributed by atoms with Crippen molar-refractivity contribution in [3.05, 3.63) is 69.0 Å². The summed E-state index contributed by atoms with van der Waals surface area (Å²) in [6.45, 7) is 0. The van der Waals surface area contributed by atoms with Crippen LogP contribution in [0, 0.1) is 10.1 Å². The number of anilines is 2. The maximum absolute atomic E-state index is 10.6. The van der Waals surface area contributed by atoms with E-state index in [1.807, 2.05) is 29.6 Å². The summed E-state index contributed by atoms with van der Waals surface area (Å²) < 4.78 is 0. The van der Waals surface area contributed by atoms with Gasteiger partial charge in [0.25, 0.3) is 5.69 Å². The van der Waals surface area contributed by atoms with Gasteiger partial charge in [-0.2, -0.15) is 0 Å². The number of halogens is 1. The van der Waals surface area contributed by atoms with Crippen molar-refractivity contribution in [2.75, 3.05) is 5.32 Å². The lowest BCUT2D eigenvalue weighted by Crippen LogP contribution is -1.91. The van der Waals surface area contributed by atoms with Crippen molar-refractivity contribution in [3.63, 3.8) is 0 Å². The number of rotatable bonds is 4. The van der Waals surface area contributed by atoms with Crippen LogP contribution in [0.1, 0.15) is 0 Å². The molecule has 3 rings (SSSR count). The van der Waals surface area contributed by atoms with Crippen molar-refractivity contribution in [3.8, 4) is 11.3 Å². The van der Waals surface area contributed by atoms with Crippen molar-refractivity contribution in [1.29, 1.82) is 0 Å². The number of nitrogens with one attached hydrogen (secondary N) is 1. The van der Waals surface area contributed by atoms with Crippen molar-refractivity contribution >= 4 is 39.4 Å². The van der Waals surface area contributed by atoms with Crippen LogP contribution < -0.4 is 5.32 Å². The Labute approximate surface area is 135 Å². The lowest BCUT2D eigenvalue weighted by atomic mass is 10.2. The summed E-state index contributed by atoms with van der Waals surface area (Å²) in [4.78, 5) is 14.7. The molecule has 7 heteroatoms. The van der Waals surface area contributed by atoms with Gasteiger partial charge in [-0.05, 0) is 18.2 Å². The quantitative estimate of drug-likeness (QED) is 0.532. The standard InChI is InChI=1S/C15H10ClN3O2S/c16-13-4-2-1-3-12(13)14-9-22-15(18-14)17-10-5-7-11(8-6-10)19(20)21/h1-9H,(H,17,18). The van der Waals surface area contributed by atoms with Crippen LogP contribution in [0.25, 0.3) is 11.3 Å². The van der Waals surface area contributed by atoms with E-state index in [0.717, 1.165) is 16.9 Å². The van der Waals surface area contributed by atoms with Gasteiger partial charge >= 0.3 is 0 Å². The lowest BCUT2D eigenvalue weighted by Gasteiger charge is -2.02. The molecular weight excluding hydrogens is 322 g/mol. The van der Waals surface area contributed by atoms with Gasteiger partial charge < -0.3 is 5.32 Å². The molecule has 0 bridgehead atoms. The first-order valence-electron chi connectivity index (χ1n) is 6.35. The van der Waals surface area contributed by atoms with Crippen LogP contribution in [0.5, 0.6) is 0 Å². The highest BCUT2D eigenvalue weighted by molar-refractivity contribution is 7.14. The van der Waals surface area contributed by atoms with Crippen LogP contribution in [-0.4, -0.2) is 9.91 Å². The zero-order valence-corrected chi connectivity index (χ0v) is 12.8. The molecule has 0 saturated carbocycles. The summed E-state index contributed by atoms with van der Waals surface area (Å²) in [7, 11) is 0. The molecule has 3 aromatic rings. The first kappa shape index (κ1) is 14.5. The minimum absolute atomic E-state index is 0.0569. The van der Waals surface area contributed by atoms with E-state index in [4.69, 9.17) is 11.6 Å². The molecular formula is C15H10ClN3O2S. The van der Waals surface area contributed by atoms with E-state index >= 15 is 0 Å². The zero-order chi connectivity index (χ0) is 15.5. The molecule has 1 heterocycles. The second-order valence-electron chi connectivity index (χ2n) is 4.45. The number of non-ortho nitro benzene ring substituents is 1. The predicted molar refractivity (Wildman–Crippen MR) is 88.9 cm³/mol. The van der Waals surface area contributed by atoms with Crippen LogP contribution >= 0.6 is 22.9 Å². The fourth-order valence-corrected chi connectivity index (χ4v) is 2.88. The van der Waals surface area contributed by atoms with Gasteiger partial charge in [-0.15, -0.1) is 11.3 Å². The molecule has 0 unspecified atom stereocenters. The van der Waals surface area contributed by atoms with E-state index in [-0.39, 0.29) is 5.69 Å². The minimum atomic E-state index is -0.428. The summed E-state index contributed by atoms with van der Waals surface area (Å²) in [6.07, 6.45) is 0. The van der Waals surface area contributed by atoms with Gasteiger partial charge in [0.2, 0.25) is 0 Å². The number of benzene rings is 2. The van der Waals surface area contributed by atoms with Gasteiger partial charge in [-0.25, -0.2) is 4.98 Å². The van der Waals surface area contributed by atoms with E-state index in [2.05, 4.69) is 10.3 Å². The van der Waals surface area contributed by atoms with Crippen molar-refractivity contribution < 1.29 is 4.92 Å². The molecule has 0 aliphatic carbocycles. The van der Waals surface area contributed by atoms with E-state index in [1.165, 1.54) is 23.5 Å². The Balaban J connectivity index is 1.80. The Morgan fingerprint density at radius 1 is 1.14 bits per heavy atom. The highest BCUT2D eigenvalue weighted by Gasteiger charge is 2.09. The summed E-state index contributed by atoms with van der Waals surface area (Å²) >= 11 is 7.60.